The van der Waals surface area contributed by atoms with E-state index in [1.807, 2.05) is 44.2 Å². The predicted octanol–water partition coefficient (Wildman–Crippen LogP) is 4.43. The third-order valence-electron chi connectivity index (χ3n) is 4.51. The lowest BCUT2D eigenvalue weighted by atomic mass is 9.99. The summed E-state index contributed by atoms with van der Waals surface area (Å²) in [5, 5.41) is 0.619. The maximum atomic E-state index is 12.8. The number of nitrogens with zero attached hydrogens (tertiary/aromatic N) is 1. The minimum Gasteiger partial charge on any atom is -0.459 e. The number of halogens is 1. The summed E-state index contributed by atoms with van der Waals surface area (Å²) in [6.45, 7) is 4.25. The number of carbonyl (C=O) groups is 2. The number of benzene rings is 2. The molecule has 6 heteroatoms. The van der Waals surface area contributed by atoms with Gasteiger partial charge in [-0.15, -0.1) is 0 Å². The van der Waals surface area contributed by atoms with Crippen molar-refractivity contribution < 1.29 is 19.1 Å². The molecule has 1 aliphatic heterocycles. The standard InChI is InChI=1S/C21H22ClNO4/c1-14(2)19-18(20(24)26-13-16-8-10-17(22)11-9-16)23(21(25)27-19)12-15-6-4-3-5-7-15/h3-11,14,18-19H,12-13H2,1-2H3/t18-,19+/m1/s1. The molecule has 0 N–H and O–H groups in total. The van der Waals surface area contributed by atoms with Gasteiger partial charge < -0.3 is 9.47 Å². The Morgan fingerprint density at radius 2 is 1.78 bits per heavy atom. The highest BCUT2D eigenvalue weighted by Gasteiger charge is 2.48. The second-order valence-corrected chi connectivity index (χ2v) is 7.32. The van der Waals surface area contributed by atoms with Crippen molar-refractivity contribution >= 4 is 23.7 Å². The molecule has 1 fully saturated rings. The van der Waals surface area contributed by atoms with Crippen LogP contribution >= 0.6 is 11.6 Å². The van der Waals surface area contributed by atoms with Crippen molar-refractivity contribution in [3.63, 3.8) is 0 Å². The Morgan fingerprint density at radius 1 is 1.11 bits per heavy atom. The van der Waals surface area contributed by atoms with Gasteiger partial charge in [0.05, 0.1) is 6.54 Å². The van der Waals surface area contributed by atoms with Crippen molar-refractivity contribution in [2.75, 3.05) is 0 Å². The van der Waals surface area contributed by atoms with Crippen LogP contribution in [0.15, 0.2) is 54.6 Å². The van der Waals surface area contributed by atoms with E-state index in [0.29, 0.717) is 11.6 Å². The molecule has 2 aromatic carbocycles. The molecule has 0 aliphatic carbocycles. The Hall–Kier alpha value is -2.53. The highest BCUT2D eigenvalue weighted by atomic mass is 35.5. The van der Waals surface area contributed by atoms with Gasteiger partial charge in [0.15, 0.2) is 6.04 Å². The minimum atomic E-state index is -0.773. The monoisotopic (exact) mass is 387 g/mol. The molecule has 0 aromatic heterocycles. The summed E-state index contributed by atoms with van der Waals surface area (Å²) >= 11 is 5.88. The molecule has 1 heterocycles. The van der Waals surface area contributed by atoms with E-state index in [2.05, 4.69) is 0 Å². The van der Waals surface area contributed by atoms with Gasteiger partial charge in [0, 0.05) is 5.02 Å². The Morgan fingerprint density at radius 3 is 2.41 bits per heavy atom. The zero-order valence-electron chi connectivity index (χ0n) is 15.3. The first-order chi connectivity index (χ1) is 13.0. The number of esters is 1. The number of hydrogen-bond donors (Lipinski definition) is 0. The van der Waals surface area contributed by atoms with E-state index in [1.165, 1.54) is 4.90 Å². The fraction of sp³-hybridized carbons (Fsp3) is 0.333. The van der Waals surface area contributed by atoms with Gasteiger partial charge in [0.25, 0.3) is 0 Å². The molecule has 2 atom stereocenters. The van der Waals surface area contributed by atoms with E-state index in [4.69, 9.17) is 21.1 Å². The Kier molecular flexibility index (Phi) is 6.01. The van der Waals surface area contributed by atoms with Crippen LogP contribution in [0.5, 0.6) is 0 Å². The summed E-state index contributed by atoms with van der Waals surface area (Å²) in [5.74, 6) is -0.478. The molecule has 1 saturated heterocycles. The van der Waals surface area contributed by atoms with Crippen molar-refractivity contribution in [3.8, 4) is 0 Å². The molecule has 1 amide bonds. The summed E-state index contributed by atoms with van der Waals surface area (Å²) in [6, 6.07) is 15.8. The normalized spacial score (nSPS) is 19.3. The van der Waals surface area contributed by atoms with Crippen molar-refractivity contribution in [2.24, 2.45) is 5.92 Å². The van der Waals surface area contributed by atoms with Crippen LogP contribution in [0.2, 0.25) is 5.02 Å². The molecule has 0 spiro atoms. The molecule has 2 aromatic rings. The fourth-order valence-electron chi connectivity index (χ4n) is 3.06. The van der Waals surface area contributed by atoms with Gasteiger partial charge in [0.1, 0.15) is 12.7 Å². The molecule has 0 unspecified atom stereocenters. The van der Waals surface area contributed by atoms with E-state index in [9.17, 15) is 9.59 Å². The lowest BCUT2D eigenvalue weighted by Gasteiger charge is -2.24. The molecule has 0 radical (unpaired) electrons. The Bertz CT molecular complexity index is 792. The summed E-state index contributed by atoms with van der Waals surface area (Å²) in [6.07, 6.45) is -1.04. The van der Waals surface area contributed by atoms with Crippen LogP contribution in [0.3, 0.4) is 0 Å². The van der Waals surface area contributed by atoms with Crippen LogP contribution in [0, 0.1) is 5.92 Å². The smallest absolute Gasteiger partial charge is 0.411 e. The van der Waals surface area contributed by atoms with Crippen LogP contribution < -0.4 is 0 Å². The predicted molar refractivity (Wildman–Crippen MR) is 102 cm³/mol. The van der Waals surface area contributed by atoms with Crippen molar-refractivity contribution in [1.29, 1.82) is 0 Å². The average Bonchev–Trinajstić information content (AvgIpc) is 2.99. The number of ether oxygens (including phenoxy) is 2. The molecule has 5 nitrogen and oxygen atoms in total. The van der Waals surface area contributed by atoms with E-state index in [-0.39, 0.29) is 12.5 Å². The third kappa shape index (κ3) is 4.61. The number of carbonyl (C=O) groups excluding carboxylic acids is 2. The molecule has 27 heavy (non-hydrogen) atoms. The first kappa shape index (κ1) is 19.2. The molecular formula is C21H22ClNO4. The molecule has 0 saturated carbocycles. The quantitative estimate of drug-likeness (QED) is 0.688. The molecule has 3 rings (SSSR count). The zero-order valence-corrected chi connectivity index (χ0v) is 16.1. The van der Waals surface area contributed by atoms with E-state index < -0.39 is 24.2 Å². The third-order valence-corrected chi connectivity index (χ3v) is 4.76. The number of rotatable bonds is 6. The minimum absolute atomic E-state index is 0.0113. The van der Waals surface area contributed by atoms with Crippen LogP contribution in [-0.2, 0) is 27.4 Å². The maximum Gasteiger partial charge on any atom is 0.411 e. The molecule has 142 valence electrons. The summed E-state index contributed by atoms with van der Waals surface area (Å²) in [4.78, 5) is 26.7. The lowest BCUT2D eigenvalue weighted by molar-refractivity contribution is -0.151. The van der Waals surface area contributed by atoms with E-state index >= 15 is 0 Å². The first-order valence-corrected chi connectivity index (χ1v) is 9.26. The second-order valence-electron chi connectivity index (χ2n) is 6.88. The van der Waals surface area contributed by atoms with Crippen LogP contribution in [0.1, 0.15) is 25.0 Å². The highest BCUT2D eigenvalue weighted by molar-refractivity contribution is 6.30. The molecular weight excluding hydrogens is 366 g/mol. The van der Waals surface area contributed by atoms with Crippen molar-refractivity contribution in [1.82, 2.24) is 4.90 Å². The van der Waals surface area contributed by atoms with Crippen LogP contribution in [0.4, 0.5) is 4.79 Å². The van der Waals surface area contributed by atoms with Gasteiger partial charge in [-0.1, -0.05) is 67.9 Å². The molecule has 0 bridgehead atoms. The van der Waals surface area contributed by atoms with Crippen LogP contribution in [0.25, 0.3) is 0 Å². The van der Waals surface area contributed by atoms with Gasteiger partial charge >= 0.3 is 12.1 Å². The lowest BCUT2D eigenvalue weighted by Crippen LogP contribution is -2.45. The Labute approximate surface area is 163 Å². The summed E-state index contributed by atoms with van der Waals surface area (Å²) < 4.78 is 11.0. The Balaban J connectivity index is 1.75. The van der Waals surface area contributed by atoms with Crippen molar-refractivity contribution in [2.45, 2.75) is 39.1 Å². The maximum absolute atomic E-state index is 12.8. The van der Waals surface area contributed by atoms with Gasteiger partial charge in [-0.3, -0.25) is 4.90 Å². The van der Waals surface area contributed by atoms with E-state index in [1.54, 1.807) is 24.3 Å². The zero-order chi connectivity index (χ0) is 19.4. The fourth-order valence-corrected chi connectivity index (χ4v) is 3.19. The van der Waals surface area contributed by atoms with Crippen LogP contribution in [-0.4, -0.2) is 29.1 Å². The summed E-state index contributed by atoms with van der Waals surface area (Å²) in [5.41, 5.74) is 1.75. The van der Waals surface area contributed by atoms with Gasteiger partial charge in [-0.05, 0) is 29.2 Å². The van der Waals surface area contributed by atoms with Gasteiger partial charge in [-0.25, -0.2) is 9.59 Å². The number of hydrogen-bond acceptors (Lipinski definition) is 4. The largest absolute Gasteiger partial charge is 0.459 e. The second kappa shape index (κ2) is 8.44. The highest BCUT2D eigenvalue weighted by Crippen LogP contribution is 2.28. The van der Waals surface area contributed by atoms with E-state index in [0.717, 1.165) is 11.1 Å². The van der Waals surface area contributed by atoms with Crippen molar-refractivity contribution in [3.05, 3.63) is 70.7 Å². The average molecular weight is 388 g/mol. The van der Waals surface area contributed by atoms with Gasteiger partial charge in [-0.2, -0.15) is 0 Å². The topological polar surface area (TPSA) is 55.8 Å². The summed E-state index contributed by atoms with van der Waals surface area (Å²) in [7, 11) is 0. The SMILES string of the molecule is CC(C)[C@@H]1OC(=O)N(Cc2ccccc2)[C@H]1C(=O)OCc1ccc(Cl)cc1. The number of amides is 1. The first-order valence-electron chi connectivity index (χ1n) is 8.88. The number of cyclic esters (lactones) is 1. The van der Waals surface area contributed by atoms with Gasteiger partial charge in [0.2, 0.25) is 0 Å². The molecule has 1 aliphatic rings.